The second-order valence-electron chi connectivity index (χ2n) is 8.70. The highest BCUT2D eigenvalue weighted by atomic mass is 32.2. The minimum atomic E-state index is -4.33. The maximum absolute atomic E-state index is 12.0. The lowest BCUT2D eigenvalue weighted by molar-refractivity contribution is -0.444. The summed E-state index contributed by atoms with van der Waals surface area (Å²) in [5.41, 5.74) is 4.51. The van der Waals surface area contributed by atoms with Crippen molar-refractivity contribution >= 4 is 38.3 Å². The Morgan fingerprint density at radius 3 is 2.67 bits per heavy atom. The Hall–Kier alpha value is -2.25. The van der Waals surface area contributed by atoms with Crippen LogP contribution in [0.2, 0.25) is 0 Å². The summed E-state index contributed by atoms with van der Waals surface area (Å²) in [7, 11) is -4.33. The molecule has 0 aromatic heterocycles. The highest BCUT2D eigenvalue weighted by molar-refractivity contribution is 7.86. The fourth-order valence-electron chi connectivity index (χ4n) is 5.27. The van der Waals surface area contributed by atoms with Crippen molar-refractivity contribution in [1.29, 1.82) is 0 Å². The van der Waals surface area contributed by atoms with Crippen molar-refractivity contribution in [1.82, 2.24) is 0 Å². The molecule has 0 radical (unpaired) electrons. The molecule has 0 spiro atoms. The van der Waals surface area contributed by atoms with E-state index in [9.17, 15) is 17.8 Å². The molecule has 2 aliphatic heterocycles. The van der Waals surface area contributed by atoms with Gasteiger partial charge in [0.2, 0.25) is 5.69 Å². The second kappa shape index (κ2) is 7.46. The van der Waals surface area contributed by atoms with E-state index in [0.29, 0.717) is 11.8 Å². The second-order valence-corrected chi connectivity index (χ2v) is 10.1. The predicted octanol–water partition coefficient (Wildman–Crippen LogP) is 4.44. The normalized spacial score (nSPS) is 20.6. The molecule has 6 nitrogen and oxygen atoms in total. The van der Waals surface area contributed by atoms with E-state index < -0.39 is 16.1 Å². The number of unbranched alkanes of at least 4 members (excludes halogenated alkanes) is 2. The molecule has 30 heavy (non-hydrogen) atoms. The van der Waals surface area contributed by atoms with Gasteiger partial charge in [-0.25, -0.2) is 0 Å². The molecule has 1 atom stereocenters. The fourth-order valence-corrected chi connectivity index (χ4v) is 5.96. The van der Waals surface area contributed by atoms with E-state index in [1.54, 1.807) is 6.07 Å². The van der Waals surface area contributed by atoms with Crippen molar-refractivity contribution in [2.45, 2.75) is 69.1 Å². The highest BCUT2D eigenvalue weighted by Crippen LogP contribution is 2.49. The zero-order valence-corrected chi connectivity index (χ0v) is 18.3. The quantitative estimate of drug-likeness (QED) is 0.385. The molecule has 2 aliphatic rings. The molecule has 4 rings (SSSR count). The third-order valence-corrected chi connectivity index (χ3v) is 7.85. The van der Waals surface area contributed by atoms with Crippen LogP contribution in [0.4, 0.5) is 5.69 Å². The number of carboxylic acids is 1. The van der Waals surface area contributed by atoms with Crippen LogP contribution in [0.1, 0.15) is 63.5 Å². The van der Waals surface area contributed by atoms with Crippen molar-refractivity contribution in [2.24, 2.45) is 0 Å². The molecule has 2 aromatic rings. The van der Waals surface area contributed by atoms with Gasteiger partial charge in [0, 0.05) is 36.3 Å². The lowest BCUT2D eigenvalue weighted by Gasteiger charge is -2.23. The third-order valence-electron chi connectivity index (χ3n) is 6.94. The Morgan fingerprint density at radius 2 is 1.97 bits per heavy atom. The molecule has 0 fully saturated rings. The van der Waals surface area contributed by atoms with E-state index in [1.807, 2.05) is 12.1 Å². The zero-order valence-electron chi connectivity index (χ0n) is 17.4. The van der Waals surface area contributed by atoms with Gasteiger partial charge in [-0.05, 0) is 43.7 Å². The maximum Gasteiger partial charge on any atom is 0.303 e. The Labute approximate surface area is 177 Å². The molecule has 0 saturated carbocycles. The summed E-state index contributed by atoms with van der Waals surface area (Å²) in [6, 6.07) is 7.07. The van der Waals surface area contributed by atoms with Gasteiger partial charge in [0.05, 0.1) is 5.41 Å². The van der Waals surface area contributed by atoms with Gasteiger partial charge >= 0.3 is 5.97 Å². The van der Waals surface area contributed by atoms with Crippen molar-refractivity contribution < 1.29 is 27.4 Å². The van der Waals surface area contributed by atoms with Gasteiger partial charge in [0.15, 0.2) is 5.71 Å². The van der Waals surface area contributed by atoms with Gasteiger partial charge < -0.3 is 5.11 Å². The van der Waals surface area contributed by atoms with E-state index in [1.165, 1.54) is 17.5 Å². The van der Waals surface area contributed by atoms with Crippen LogP contribution in [0, 0.1) is 0 Å². The number of hydrogen-bond acceptors (Lipinski definition) is 3. The molecule has 0 bridgehead atoms. The summed E-state index contributed by atoms with van der Waals surface area (Å²) >= 11 is 0. The molecule has 0 aliphatic carbocycles. The van der Waals surface area contributed by atoms with Crippen molar-refractivity contribution in [3.8, 4) is 0 Å². The number of fused-ring (bicyclic) bond motifs is 2. The zero-order chi connectivity index (χ0) is 21.7. The molecule has 2 heterocycles. The topological polar surface area (TPSA) is 94.7 Å². The SMILES string of the molecule is CC1=[N+]2CCCc3c2c(cc2c(S(=O)(=O)O)cccc32)C1(C)CCCCCC(=O)O. The number of aryl methyl sites for hydroxylation is 1. The van der Waals surface area contributed by atoms with Gasteiger partial charge in [0.1, 0.15) is 11.4 Å². The van der Waals surface area contributed by atoms with E-state index in [4.69, 9.17) is 5.11 Å². The smallest absolute Gasteiger partial charge is 0.303 e. The Kier molecular flexibility index (Phi) is 5.22. The summed E-state index contributed by atoms with van der Waals surface area (Å²) in [6.07, 6.45) is 5.36. The molecular weight excluding hydrogens is 402 g/mol. The van der Waals surface area contributed by atoms with E-state index in [2.05, 4.69) is 18.4 Å². The van der Waals surface area contributed by atoms with Crippen LogP contribution in [0.25, 0.3) is 10.8 Å². The van der Waals surface area contributed by atoms with Crippen molar-refractivity contribution in [3.63, 3.8) is 0 Å². The van der Waals surface area contributed by atoms with Crippen LogP contribution >= 0.6 is 0 Å². The minimum absolute atomic E-state index is 0.0375. The molecule has 2 aromatic carbocycles. The van der Waals surface area contributed by atoms with Crippen molar-refractivity contribution in [2.75, 3.05) is 6.54 Å². The maximum atomic E-state index is 12.0. The van der Waals surface area contributed by atoms with E-state index in [0.717, 1.165) is 55.2 Å². The first-order chi connectivity index (χ1) is 14.1. The molecule has 2 N–H and O–H groups in total. The van der Waals surface area contributed by atoms with Crippen LogP contribution in [0.15, 0.2) is 29.2 Å². The lowest BCUT2D eigenvalue weighted by atomic mass is 9.74. The summed E-state index contributed by atoms with van der Waals surface area (Å²) in [4.78, 5) is 10.7. The number of rotatable bonds is 7. The van der Waals surface area contributed by atoms with Crippen LogP contribution in [-0.4, -0.2) is 40.9 Å². The number of hydrogen-bond donors (Lipinski definition) is 2. The monoisotopic (exact) mass is 430 g/mol. The number of benzene rings is 2. The molecular formula is C23H28NO5S+. The van der Waals surface area contributed by atoms with Gasteiger partial charge in [-0.3, -0.25) is 9.35 Å². The first-order valence-corrected chi connectivity index (χ1v) is 12.0. The average molecular weight is 431 g/mol. The minimum Gasteiger partial charge on any atom is -0.481 e. The third kappa shape index (κ3) is 3.34. The summed E-state index contributed by atoms with van der Waals surface area (Å²) in [6.45, 7) is 5.31. The standard InChI is InChI=1S/C23H27NO5S/c1-15-23(2,12-5-3-4-11-21(25)26)19-14-18-16(8-6-10-20(18)30(27,28)29)17-9-7-13-24(15)22(17)19/h6,8,10,14H,3-5,7,9,11-13H2,1-2H3,(H-,25,26,27,28,29)/p+1. The van der Waals surface area contributed by atoms with Gasteiger partial charge in [-0.15, -0.1) is 0 Å². The number of aliphatic carboxylic acids is 1. The van der Waals surface area contributed by atoms with E-state index >= 15 is 0 Å². The molecule has 7 heteroatoms. The predicted molar refractivity (Wildman–Crippen MR) is 116 cm³/mol. The molecule has 0 amide bonds. The van der Waals surface area contributed by atoms with E-state index in [-0.39, 0.29) is 16.7 Å². The first kappa shape index (κ1) is 21.0. The highest BCUT2D eigenvalue weighted by Gasteiger charge is 2.48. The summed E-state index contributed by atoms with van der Waals surface area (Å²) in [5.74, 6) is -0.763. The Balaban J connectivity index is 1.83. The first-order valence-electron chi connectivity index (χ1n) is 10.5. The van der Waals surface area contributed by atoms with Gasteiger partial charge in [-0.2, -0.15) is 13.0 Å². The van der Waals surface area contributed by atoms with Crippen molar-refractivity contribution in [3.05, 3.63) is 35.4 Å². The summed E-state index contributed by atoms with van der Waals surface area (Å²) in [5, 5.41) is 10.3. The van der Waals surface area contributed by atoms with Gasteiger partial charge in [0.25, 0.3) is 10.1 Å². The fraction of sp³-hybridized carbons (Fsp3) is 0.478. The van der Waals surface area contributed by atoms with Crippen LogP contribution in [0.3, 0.4) is 0 Å². The Bertz CT molecular complexity index is 1180. The van der Waals surface area contributed by atoms with Crippen LogP contribution in [0.5, 0.6) is 0 Å². The lowest BCUT2D eigenvalue weighted by Crippen LogP contribution is -2.30. The average Bonchev–Trinajstić information content (AvgIpc) is 2.90. The Morgan fingerprint density at radius 1 is 1.20 bits per heavy atom. The molecule has 1 unspecified atom stereocenters. The van der Waals surface area contributed by atoms with Crippen LogP contribution < -0.4 is 0 Å². The van der Waals surface area contributed by atoms with Gasteiger partial charge in [-0.1, -0.05) is 25.0 Å². The molecule has 0 saturated heterocycles. The summed E-state index contributed by atoms with van der Waals surface area (Å²) < 4.78 is 36.3. The van der Waals surface area contributed by atoms with Crippen LogP contribution in [-0.2, 0) is 26.7 Å². The molecule has 160 valence electrons. The largest absolute Gasteiger partial charge is 0.481 e. The number of nitrogens with zero attached hydrogens (tertiary/aromatic N) is 1. The number of carbonyl (C=O) groups is 1. The number of carboxylic acid groups (broad SMARTS) is 1.